The number of hydrogen-bond acceptors (Lipinski definition) is 3. The van der Waals surface area contributed by atoms with Crippen LogP contribution in [0.3, 0.4) is 0 Å². The maximum atomic E-state index is 13.1. The van der Waals surface area contributed by atoms with Crippen molar-refractivity contribution in [1.29, 1.82) is 0 Å². The van der Waals surface area contributed by atoms with Crippen molar-refractivity contribution in [3.63, 3.8) is 0 Å². The van der Waals surface area contributed by atoms with Crippen LogP contribution in [0.15, 0.2) is 12.2 Å². The molecule has 0 aromatic carbocycles. The minimum absolute atomic E-state index is 0.0685. The Balaban J connectivity index is 2.08. The zero-order valence-corrected chi connectivity index (χ0v) is 11.5. The number of rotatable bonds is 3. The van der Waals surface area contributed by atoms with Crippen LogP contribution in [-0.4, -0.2) is 60.2 Å². The number of nitrogens with zero attached hydrogens (tertiary/aromatic N) is 2. The molecule has 0 aromatic heterocycles. The topological polar surface area (TPSA) is 77.9 Å². The Kier molecular flexibility index (Phi) is 4.12. The van der Waals surface area contributed by atoms with E-state index in [0.717, 1.165) is 8.61 Å². The monoisotopic (exact) mass is 310 g/mol. The fraction of sp³-hybridized carbons (Fsp3) is 0.727. The summed E-state index contributed by atoms with van der Waals surface area (Å²) in [7, 11) is -3.88. The number of halogens is 2. The zero-order chi connectivity index (χ0) is 15.0. The van der Waals surface area contributed by atoms with Crippen LogP contribution in [0.1, 0.15) is 12.8 Å². The third-order valence-corrected chi connectivity index (χ3v) is 5.47. The molecule has 0 radical (unpaired) electrons. The Morgan fingerprint density at radius 2 is 1.85 bits per heavy atom. The van der Waals surface area contributed by atoms with Gasteiger partial charge in [-0.1, -0.05) is 12.2 Å². The van der Waals surface area contributed by atoms with Crippen molar-refractivity contribution in [3.05, 3.63) is 12.2 Å². The smallest absolute Gasteiger partial charge is 0.311 e. The highest BCUT2D eigenvalue weighted by Crippen LogP contribution is 2.30. The second-order valence-electron chi connectivity index (χ2n) is 4.95. The van der Waals surface area contributed by atoms with Crippen molar-refractivity contribution < 1.29 is 27.1 Å². The van der Waals surface area contributed by atoms with E-state index >= 15 is 0 Å². The van der Waals surface area contributed by atoms with Crippen LogP contribution in [0, 0.1) is 5.92 Å². The number of carboxylic acids is 1. The van der Waals surface area contributed by atoms with Crippen molar-refractivity contribution in [2.24, 2.45) is 5.92 Å². The van der Waals surface area contributed by atoms with E-state index in [4.69, 9.17) is 5.11 Å². The van der Waals surface area contributed by atoms with Gasteiger partial charge in [0.1, 0.15) is 0 Å². The van der Waals surface area contributed by atoms with Gasteiger partial charge >= 0.3 is 5.97 Å². The molecular weight excluding hydrogens is 294 g/mol. The quantitative estimate of drug-likeness (QED) is 0.772. The lowest BCUT2D eigenvalue weighted by molar-refractivity contribution is -0.140. The molecule has 2 aliphatic heterocycles. The summed E-state index contributed by atoms with van der Waals surface area (Å²) in [6, 6.07) is 0. The molecule has 0 bridgehead atoms. The van der Waals surface area contributed by atoms with Crippen molar-refractivity contribution in [2.75, 3.05) is 26.2 Å². The number of hydrogen-bond donors (Lipinski definition) is 1. The van der Waals surface area contributed by atoms with E-state index in [1.807, 2.05) is 0 Å². The number of carboxylic acid groups (broad SMARTS) is 1. The summed E-state index contributed by atoms with van der Waals surface area (Å²) >= 11 is 0. The van der Waals surface area contributed by atoms with E-state index in [-0.39, 0.29) is 26.2 Å². The van der Waals surface area contributed by atoms with Gasteiger partial charge in [0.15, 0.2) is 0 Å². The molecule has 1 unspecified atom stereocenters. The van der Waals surface area contributed by atoms with Crippen molar-refractivity contribution in [3.8, 4) is 0 Å². The SMILES string of the molecule is O=C(O)C1C=CCN(S(=O)(=O)N2CCC(F)(F)CC2)C1. The molecule has 1 N–H and O–H groups in total. The molecule has 9 heteroatoms. The van der Waals surface area contributed by atoms with Gasteiger partial charge in [-0.05, 0) is 0 Å². The van der Waals surface area contributed by atoms with E-state index in [2.05, 4.69) is 0 Å². The van der Waals surface area contributed by atoms with Crippen LogP contribution in [0.25, 0.3) is 0 Å². The maximum Gasteiger partial charge on any atom is 0.311 e. The predicted octanol–water partition coefficient (Wildman–Crippen LogP) is 0.535. The third-order valence-electron chi connectivity index (χ3n) is 3.50. The number of aliphatic carboxylic acids is 1. The molecular formula is C11H16F2N2O4S. The first-order valence-electron chi connectivity index (χ1n) is 6.25. The van der Waals surface area contributed by atoms with Crippen LogP contribution in [0.2, 0.25) is 0 Å². The predicted molar refractivity (Wildman–Crippen MR) is 66.5 cm³/mol. The molecule has 1 atom stereocenters. The summed E-state index contributed by atoms with van der Waals surface area (Å²) in [5, 5.41) is 8.92. The lowest BCUT2D eigenvalue weighted by Gasteiger charge is -2.35. The lowest BCUT2D eigenvalue weighted by Crippen LogP contribution is -2.51. The van der Waals surface area contributed by atoms with Crippen LogP contribution < -0.4 is 0 Å². The van der Waals surface area contributed by atoms with Gasteiger partial charge in [0.25, 0.3) is 16.1 Å². The summed E-state index contributed by atoms with van der Waals surface area (Å²) in [4.78, 5) is 10.9. The van der Waals surface area contributed by atoms with E-state index in [1.165, 1.54) is 12.2 Å². The van der Waals surface area contributed by atoms with Gasteiger partial charge in [0.05, 0.1) is 5.92 Å². The molecule has 0 amide bonds. The van der Waals surface area contributed by atoms with Crippen LogP contribution in [0.5, 0.6) is 0 Å². The Hall–Kier alpha value is -1.06. The van der Waals surface area contributed by atoms with E-state index < -0.39 is 40.9 Å². The van der Waals surface area contributed by atoms with E-state index in [9.17, 15) is 22.0 Å². The highest BCUT2D eigenvalue weighted by Gasteiger charge is 2.41. The number of alkyl halides is 2. The average molecular weight is 310 g/mol. The summed E-state index contributed by atoms with van der Waals surface area (Å²) < 4.78 is 52.7. The fourth-order valence-corrected chi connectivity index (χ4v) is 3.85. The molecule has 0 aromatic rings. The van der Waals surface area contributed by atoms with Crippen LogP contribution in [-0.2, 0) is 15.0 Å². The molecule has 20 heavy (non-hydrogen) atoms. The standard InChI is InChI=1S/C11H16F2N2O4S/c12-11(13)3-6-14(7-4-11)20(18,19)15-5-1-2-9(8-15)10(16)17/h1-2,9H,3-8H2,(H,16,17). The molecule has 2 rings (SSSR count). The average Bonchev–Trinajstić information content (AvgIpc) is 2.38. The second kappa shape index (κ2) is 5.38. The summed E-state index contributed by atoms with van der Waals surface area (Å²) in [6.45, 7) is -0.583. The molecule has 2 heterocycles. The Labute approximate surface area is 115 Å². The number of carbonyl (C=O) groups is 1. The number of piperidine rings is 1. The zero-order valence-electron chi connectivity index (χ0n) is 10.7. The molecule has 6 nitrogen and oxygen atoms in total. The van der Waals surface area contributed by atoms with Gasteiger partial charge < -0.3 is 5.11 Å². The Morgan fingerprint density at radius 3 is 2.40 bits per heavy atom. The van der Waals surface area contributed by atoms with Gasteiger partial charge in [0.2, 0.25) is 0 Å². The van der Waals surface area contributed by atoms with E-state index in [1.54, 1.807) is 0 Å². The van der Waals surface area contributed by atoms with E-state index in [0.29, 0.717) is 0 Å². The molecule has 2 aliphatic rings. The second-order valence-corrected chi connectivity index (χ2v) is 6.88. The highest BCUT2D eigenvalue weighted by molar-refractivity contribution is 7.86. The maximum absolute atomic E-state index is 13.1. The minimum Gasteiger partial charge on any atom is -0.481 e. The molecule has 114 valence electrons. The summed E-state index contributed by atoms with van der Waals surface area (Å²) in [5.74, 6) is -4.83. The van der Waals surface area contributed by atoms with Crippen molar-refractivity contribution in [2.45, 2.75) is 18.8 Å². The Morgan fingerprint density at radius 1 is 1.25 bits per heavy atom. The highest BCUT2D eigenvalue weighted by atomic mass is 32.2. The Bertz CT molecular complexity index is 511. The molecule has 0 saturated carbocycles. The third kappa shape index (κ3) is 3.15. The van der Waals surface area contributed by atoms with Gasteiger partial charge in [-0.25, -0.2) is 8.78 Å². The van der Waals surface area contributed by atoms with Gasteiger partial charge in [0, 0.05) is 39.0 Å². The lowest BCUT2D eigenvalue weighted by atomic mass is 10.1. The molecule has 0 spiro atoms. The van der Waals surface area contributed by atoms with Crippen LogP contribution in [0.4, 0.5) is 8.78 Å². The van der Waals surface area contributed by atoms with Gasteiger partial charge in [-0.3, -0.25) is 4.79 Å². The first-order chi connectivity index (χ1) is 9.22. The largest absolute Gasteiger partial charge is 0.481 e. The molecule has 1 fully saturated rings. The normalized spacial score (nSPS) is 28.4. The minimum atomic E-state index is -3.88. The van der Waals surface area contributed by atoms with Crippen molar-refractivity contribution in [1.82, 2.24) is 8.61 Å². The van der Waals surface area contributed by atoms with Crippen LogP contribution >= 0.6 is 0 Å². The fourth-order valence-electron chi connectivity index (χ4n) is 2.25. The van der Waals surface area contributed by atoms with Gasteiger partial charge in [-0.2, -0.15) is 17.0 Å². The van der Waals surface area contributed by atoms with Gasteiger partial charge in [-0.15, -0.1) is 0 Å². The molecule has 0 aliphatic carbocycles. The summed E-state index contributed by atoms with van der Waals surface area (Å²) in [6.07, 6.45) is 1.91. The van der Waals surface area contributed by atoms with Crippen molar-refractivity contribution >= 4 is 16.2 Å². The molecule has 1 saturated heterocycles. The first kappa shape index (κ1) is 15.3. The first-order valence-corrected chi connectivity index (χ1v) is 7.64. The summed E-state index contributed by atoms with van der Waals surface area (Å²) in [5.41, 5.74) is 0.